The van der Waals surface area contributed by atoms with Crippen molar-refractivity contribution in [2.45, 2.75) is 43.9 Å². The molecular weight excluding hydrogens is 339 g/mol. The Hall–Kier alpha value is -2.36. The van der Waals surface area contributed by atoms with Crippen molar-refractivity contribution >= 4 is 11.9 Å². The molecule has 0 saturated heterocycles. The summed E-state index contributed by atoms with van der Waals surface area (Å²) in [6, 6.07) is 12.2. The Morgan fingerprint density at radius 1 is 1.00 bits per heavy atom. The van der Waals surface area contributed by atoms with Gasteiger partial charge in [0.1, 0.15) is 11.6 Å². The number of benzene rings is 2. The van der Waals surface area contributed by atoms with Gasteiger partial charge < -0.3 is 5.11 Å². The summed E-state index contributed by atoms with van der Waals surface area (Å²) in [7, 11) is 0. The molecule has 0 unspecified atom stereocenters. The highest BCUT2D eigenvalue weighted by Gasteiger charge is 2.51. The fourth-order valence-corrected chi connectivity index (χ4v) is 6.19. The number of rotatable bonds is 4. The summed E-state index contributed by atoms with van der Waals surface area (Å²) in [6.45, 7) is 0. The van der Waals surface area contributed by atoms with Gasteiger partial charge in [-0.25, -0.2) is 4.39 Å². The van der Waals surface area contributed by atoms with Crippen LogP contribution in [0.25, 0.3) is 0 Å². The second kappa shape index (κ2) is 6.36. The van der Waals surface area contributed by atoms with E-state index in [0.717, 1.165) is 17.8 Å². The monoisotopic (exact) mass is 364 g/mol. The number of nitrogens with one attached hydrogen (secondary N) is 1. The first-order chi connectivity index (χ1) is 13.1. The van der Waals surface area contributed by atoms with Crippen molar-refractivity contribution < 1.29 is 9.50 Å². The zero-order valence-corrected chi connectivity index (χ0v) is 15.4. The van der Waals surface area contributed by atoms with Crippen LogP contribution < -0.4 is 5.43 Å². The minimum absolute atomic E-state index is 0.230. The lowest BCUT2D eigenvalue weighted by molar-refractivity contribution is -0.00520. The SMILES string of the molecule is Oc1ccc(C23CC4CC(CC(C4)C2)C3)cc1C=NNc1cccc(F)c1. The molecule has 0 spiro atoms. The number of phenolic OH excluding ortho intramolecular Hbond substituents is 1. The van der Waals surface area contributed by atoms with Crippen LogP contribution in [0.5, 0.6) is 5.75 Å². The second-order valence-electron chi connectivity index (χ2n) is 8.85. The van der Waals surface area contributed by atoms with E-state index in [-0.39, 0.29) is 11.6 Å². The predicted molar refractivity (Wildman–Crippen MR) is 106 cm³/mol. The van der Waals surface area contributed by atoms with Crippen LogP contribution in [-0.2, 0) is 5.41 Å². The highest BCUT2D eigenvalue weighted by molar-refractivity contribution is 5.84. The maximum atomic E-state index is 13.3. The third kappa shape index (κ3) is 3.11. The number of nitrogens with zero attached hydrogens (tertiary/aromatic N) is 1. The second-order valence-corrected chi connectivity index (χ2v) is 8.85. The van der Waals surface area contributed by atoms with Crippen LogP contribution in [-0.4, -0.2) is 11.3 Å². The van der Waals surface area contributed by atoms with Crippen LogP contribution in [0.15, 0.2) is 47.6 Å². The number of halogens is 1. The van der Waals surface area contributed by atoms with E-state index in [1.807, 2.05) is 0 Å². The molecule has 0 aromatic heterocycles. The summed E-state index contributed by atoms with van der Waals surface area (Å²) in [5, 5.41) is 14.5. The Morgan fingerprint density at radius 3 is 2.37 bits per heavy atom. The van der Waals surface area contributed by atoms with Gasteiger partial charge in [0.2, 0.25) is 0 Å². The van der Waals surface area contributed by atoms with E-state index in [2.05, 4.69) is 22.7 Å². The van der Waals surface area contributed by atoms with Crippen LogP contribution in [0, 0.1) is 23.6 Å². The van der Waals surface area contributed by atoms with Gasteiger partial charge in [0, 0.05) is 5.56 Å². The molecule has 140 valence electrons. The van der Waals surface area contributed by atoms with Crippen molar-refractivity contribution in [3.63, 3.8) is 0 Å². The summed E-state index contributed by atoms with van der Waals surface area (Å²) < 4.78 is 13.3. The molecular formula is C23H25FN2O. The number of anilines is 1. The number of hydrogen-bond donors (Lipinski definition) is 2. The Balaban J connectivity index is 1.39. The molecule has 27 heavy (non-hydrogen) atoms. The molecule has 4 saturated carbocycles. The largest absolute Gasteiger partial charge is 0.507 e. The van der Waals surface area contributed by atoms with Gasteiger partial charge in [-0.05, 0) is 97.6 Å². The molecule has 0 amide bonds. The van der Waals surface area contributed by atoms with E-state index in [0.29, 0.717) is 16.7 Å². The summed E-state index contributed by atoms with van der Waals surface area (Å²) in [6.07, 6.45) is 9.77. The molecule has 6 rings (SSSR count). The lowest BCUT2D eigenvalue weighted by Gasteiger charge is -2.57. The molecule has 4 fully saturated rings. The highest BCUT2D eigenvalue weighted by atomic mass is 19.1. The summed E-state index contributed by atoms with van der Waals surface area (Å²) in [5.74, 6) is 2.58. The third-order valence-corrected chi connectivity index (χ3v) is 6.90. The van der Waals surface area contributed by atoms with Crippen molar-refractivity contribution in [1.29, 1.82) is 0 Å². The minimum Gasteiger partial charge on any atom is -0.507 e. The zero-order chi connectivity index (χ0) is 18.4. The molecule has 0 heterocycles. The number of aromatic hydroxyl groups is 1. The van der Waals surface area contributed by atoms with E-state index in [9.17, 15) is 9.50 Å². The fourth-order valence-electron chi connectivity index (χ4n) is 6.19. The van der Waals surface area contributed by atoms with Gasteiger partial charge >= 0.3 is 0 Å². The van der Waals surface area contributed by atoms with Crippen molar-refractivity contribution in [2.75, 3.05) is 5.43 Å². The maximum Gasteiger partial charge on any atom is 0.125 e. The molecule has 3 nitrogen and oxygen atoms in total. The third-order valence-electron chi connectivity index (χ3n) is 6.90. The summed E-state index contributed by atoms with van der Waals surface area (Å²) in [4.78, 5) is 0. The van der Waals surface area contributed by atoms with E-state index in [4.69, 9.17) is 0 Å². The van der Waals surface area contributed by atoms with Gasteiger partial charge in [-0.1, -0.05) is 12.1 Å². The molecule has 2 aromatic rings. The van der Waals surface area contributed by atoms with Crippen LogP contribution in [0.4, 0.5) is 10.1 Å². The fraction of sp³-hybridized carbons (Fsp3) is 0.435. The van der Waals surface area contributed by atoms with Crippen LogP contribution in [0.2, 0.25) is 0 Å². The molecule has 4 aliphatic carbocycles. The molecule has 4 heteroatoms. The normalized spacial score (nSPS) is 31.5. The summed E-state index contributed by atoms with van der Waals surface area (Å²) >= 11 is 0. The van der Waals surface area contributed by atoms with Gasteiger partial charge in [0.25, 0.3) is 0 Å². The average molecular weight is 364 g/mol. The van der Waals surface area contributed by atoms with Crippen LogP contribution in [0.3, 0.4) is 0 Å². The Morgan fingerprint density at radius 2 is 1.70 bits per heavy atom. The van der Waals surface area contributed by atoms with Gasteiger partial charge in [-0.3, -0.25) is 5.43 Å². The van der Waals surface area contributed by atoms with Gasteiger partial charge in [0.05, 0.1) is 11.9 Å². The Kier molecular flexibility index (Phi) is 3.96. The van der Waals surface area contributed by atoms with Crippen molar-refractivity contribution in [1.82, 2.24) is 0 Å². The van der Waals surface area contributed by atoms with Gasteiger partial charge in [-0.15, -0.1) is 0 Å². The van der Waals surface area contributed by atoms with Crippen molar-refractivity contribution in [3.8, 4) is 5.75 Å². The average Bonchev–Trinajstić information content (AvgIpc) is 2.62. The molecule has 0 atom stereocenters. The molecule has 4 aliphatic rings. The number of phenols is 1. The molecule has 2 N–H and O–H groups in total. The Labute approximate surface area is 159 Å². The van der Waals surface area contributed by atoms with E-state index in [1.165, 1.54) is 56.2 Å². The topological polar surface area (TPSA) is 44.6 Å². The van der Waals surface area contributed by atoms with Crippen LogP contribution in [0.1, 0.15) is 49.7 Å². The highest BCUT2D eigenvalue weighted by Crippen LogP contribution is 2.60. The quantitative estimate of drug-likeness (QED) is 0.560. The van der Waals surface area contributed by atoms with Crippen molar-refractivity contribution in [3.05, 3.63) is 59.4 Å². The first-order valence-electron chi connectivity index (χ1n) is 9.98. The predicted octanol–water partition coefficient (Wildman–Crippen LogP) is 5.45. The van der Waals surface area contributed by atoms with E-state index < -0.39 is 0 Å². The molecule has 0 radical (unpaired) electrons. The Bertz CT molecular complexity index is 856. The lowest BCUT2D eigenvalue weighted by atomic mass is 9.48. The zero-order valence-electron chi connectivity index (χ0n) is 15.4. The standard InChI is InChI=1S/C23H25FN2O/c24-20-2-1-3-21(10-20)26-25-14-18-9-19(4-5-22(18)27)23-11-15-6-16(12-23)8-17(7-15)13-23/h1-5,9-10,14-17,26-27H,6-8,11-13H2. The first kappa shape index (κ1) is 16.8. The molecule has 4 bridgehead atoms. The molecule has 2 aromatic carbocycles. The minimum atomic E-state index is -0.304. The van der Waals surface area contributed by atoms with E-state index >= 15 is 0 Å². The lowest BCUT2D eigenvalue weighted by Crippen LogP contribution is -2.48. The number of hydrazone groups is 1. The summed E-state index contributed by atoms with van der Waals surface area (Å²) in [5.41, 5.74) is 5.78. The maximum absolute atomic E-state index is 13.3. The smallest absolute Gasteiger partial charge is 0.125 e. The molecule has 0 aliphatic heterocycles. The van der Waals surface area contributed by atoms with Crippen molar-refractivity contribution in [2.24, 2.45) is 22.9 Å². The number of hydrogen-bond acceptors (Lipinski definition) is 3. The first-order valence-corrected chi connectivity index (χ1v) is 9.98. The van der Waals surface area contributed by atoms with E-state index in [1.54, 1.807) is 24.4 Å². The van der Waals surface area contributed by atoms with Crippen LogP contribution >= 0.6 is 0 Å². The van der Waals surface area contributed by atoms with Gasteiger partial charge in [-0.2, -0.15) is 5.10 Å². The van der Waals surface area contributed by atoms with Gasteiger partial charge in [0.15, 0.2) is 0 Å².